The molecule has 0 radical (unpaired) electrons. The van der Waals surface area contributed by atoms with E-state index in [1.165, 1.54) is 6.42 Å². The molecule has 0 bridgehead atoms. The Morgan fingerprint density at radius 1 is 1.60 bits per heavy atom. The number of carbonyl (C=O) groups is 1. The van der Waals surface area contributed by atoms with Gasteiger partial charge < -0.3 is 15.4 Å². The summed E-state index contributed by atoms with van der Waals surface area (Å²) >= 11 is 0. The summed E-state index contributed by atoms with van der Waals surface area (Å²) in [5.41, 5.74) is -0.121. The predicted molar refractivity (Wildman–Crippen MR) is 57.5 cm³/mol. The maximum atomic E-state index is 11.4. The van der Waals surface area contributed by atoms with Crippen molar-refractivity contribution in [3.05, 3.63) is 0 Å². The number of hydrogen-bond donors (Lipinski definition) is 2. The first-order valence-corrected chi connectivity index (χ1v) is 5.70. The van der Waals surface area contributed by atoms with Gasteiger partial charge in [0.05, 0.1) is 5.60 Å². The summed E-state index contributed by atoms with van der Waals surface area (Å²) in [7, 11) is 0. The van der Waals surface area contributed by atoms with Gasteiger partial charge in [0.15, 0.2) is 0 Å². The lowest BCUT2D eigenvalue weighted by Crippen LogP contribution is -2.59. The molecule has 0 aromatic rings. The van der Waals surface area contributed by atoms with Gasteiger partial charge in [-0.2, -0.15) is 0 Å². The van der Waals surface area contributed by atoms with E-state index < -0.39 is 0 Å². The van der Waals surface area contributed by atoms with Crippen molar-refractivity contribution in [1.82, 2.24) is 10.6 Å². The van der Waals surface area contributed by atoms with E-state index in [-0.39, 0.29) is 18.1 Å². The predicted octanol–water partition coefficient (Wildman–Crippen LogP) is 0.137. The molecule has 1 aliphatic carbocycles. The Morgan fingerprint density at radius 3 is 2.73 bits per heavy atom. The third kappa shape index (κ3) is 2.92. The molecule has 1 heterocycles. The van der Waals surface area contributed by atoms with Crippen molar-refractivity contribution in [2.45, 2.75) is 25.9 Å². The lowest BCUT2D eigenvalue weighted by atomic mass is 10.0. The summed E-state index contributed by atoms with van der Waals surface area (Å²) in [5.74, 6) is 1.51. The SMILES string of the molecule is CC1CC1CNC(=O)COC1(C)CNC1. The van der Waals surface area contributed by atoms with Crippen molar-refractivity contribution in [3.63, 3.8) is 0 Å². The highest BCUT2D eigenvalue weighted by Crippen LogP contribution is 2.36. The van der Waals surface area contributed by atoms with Crippen LogP contribution in [0.2, 0.25) is 0 Å². The maximum absolute atomic E-state index is 11.4. The normalized spacial score (nSPS) is 31.9. The molecule has 1 saturated heterocycles. The second kappa shape index (κ2) is 4.10. The minimum Gasteiger partial charge on any atom is -0.363 e. The molecule has 0 aromatic carbocycles. The van der Waals surface area contributed by atoms with Gasteiger partial charge in [0.2, 0.25) is 5.91 Å². The van der Waals surface area contributed by atoms with Crippen LogP contribution in [0.25, 0.3) is 0 Å². The fourth-order valence-electron chi connectivity index (χ4n) is 1.80. The Bertz CT molecular complexity index is 251. The highest BCUT2D eigenvalue weighted by Gasteiger charge is 2.34. The molecule has 2 aliphatic rings. The van der Waals surface area contributed by atoms with Crippen LogP contribution in [-0.2, 0) is 9.53 Å². The number of rotatable bonds is 5. The third-order valence-corrected chi connectivity index (χ3v) is 3.39. The van der Waals surface area contributed by atoms with Gasteiger partial charge in [-0.15, -0.1) is 0 Å². The van der Waals surface area contributed by atoms with Gasteiger partial charge in [0, 0.05) is 19.6 Å². The van der Waals surface area contributed by atoms with E-state index in [1.807, 2.05) is 6.92 Å². The molecule has 0 aromatic heterocycles. The van der Waals surface area contributed by atoms with E-state index in [1.54, 1.807) is 0 Å². The average molecular weight is 212 g/mol. The van der Waals surface area contributed by atoms with E-state index in [2.05, 4.69) is 17.6 Å². The summed E-state index contributed by atoms with van der Waals surface area (Å²) in [6.45, 7) is 6.95. The fourth-order valence-corrected chi connectivity index (χ4v) is 1.80. The molecule has 2 atom stereocenters. The van der Waals surface area contributed by atoms with Crippen LogP contribution in [-0.4, -0.2) is 37.7 Å². The first kappa shape index (κ1) is 10.9. The number of hydrogen-bond acceptors (Lipinski definition) is 3. The van der Waals surface area contributed by atoms with Crippen molar-refractivity contribution in [2.24, 2.45) is 11.8 Å². The quantitative estimate of drug-likeness (QED) is 0.681. The van der Waals surface area contributed by atoms with Crippen LogP contribution in [0.4, 0.5) is 0 Å². The van der Waals surface area contributed by atoms with Crippen LogP contribution in [0, 0.1) is 11.8 Å². The topological polar surface area (TPSA) is 50.4 Å². The average Bonchev–Trinajstić information content (AvgIpc) is 2.85. The summed E-state index contributed by atoms with van der Waals surface area (Å²) in [6, 6.07) is 0. The summed E-state index contributed by atoms with van der Waals surface area (Å²) < 4.78 is 5.53. The van der Waals surface area contributed by atoms with Gasteiger partial charge >= 0.3 is 0 Å². The molecule has 2 rings (SSSR count). The lowest BCUT2D eigenvalue weighted by molar-refractivity contribution is -0.135. The zero-order valence-corrected chi connectivity index (χ0v) is 9.51. The number of nitrogens with one attached hydrogen (secondary N) is 2. The number of carbonyl (C=O) groups excluding carboxylic acids is 1. The molecular weight excluding hydrogens is 192 g/mol. The lowest BCUT2D eigenvalue weighted by Gasteiger charge is -2.38. The summed E-state index contributed by atoms with van der Waals surface area (Å²) in [5, 5.41) is 6.05. The van der Waals surface area contributed by atoms with E-state index in [4.69, 9.17) is 4.74 Å². The van der Waals surface area contributed by atoms with E-state index in [0.717, 1.165) is 25.6 Å². The molecule has 86 valence electrons. The molecule has 4 heteroatoms. The van der Waals surface area contributed by atoms with Crippen molar-refractivity contribution in [1.29, 1.82) is 0 Å². The zero-order chi connectivity index (χ0) is 10.9. The Hall–Kier alpha value is -0.610. The molecule has 1 aliphatic heterocycles. The van der Waals surface area contributed by atoms with Gasteiger partial charge in [-0.25, -0.2) is 0 Å². The second-order valence-corrected chi connectivity index (χ2v) is 5.12. The molecule has 15 heavy (non-hydrogen) atoms. The molecule has 2 N–H and O–H groups in total. The highest BCUT2D eigenvalue weighted by molar-refractivity contribution is 5.77. The number of ether oxygens (including phenoxy) is 1. The zero-order valence-electron chi connectivity index (χ0n) is 9.51. The maximum Gasteiger partial charge on any atom is 0.246 e. The Kier molecular flexibility index (Phi) is 2.98. The monoisotopic (exact) mass is 212 g/mol. The van der Waals surface area contributed by atoms with Crippen molar-refractivity contribution in [2.75, 3.05) is 26.2 Å². The van der Waals surface area contributed by atoms with Gasteiger partial charge in [-0.05, 0) is 25.2 Å². The minimum absolute atomic E-state index is 0.0159. The highest BCUT2D eigenvalue weighted by atomic mass is 16.5. The molecule has 4 nitrogen and oxygen atoms in total. The largest absolute Gasteiger partial charge is 0.363 e. The molecule has 0 spiro atoms. The van der Waals surface area contributed by atoms with Crippen LogP contribution in [0.1, 0.15) is 20.3 Å². The Labute approximate surface area is 90.8 Å². The van der Waals surface area contributed by atoms with Gasteiger partial charge in [-0.3, -0.25) is 4.79 Å². The minimum atomic E-state index is -0.121. The van der Waals surface area contributed by atoms with Gasteiger partial charge in [0.1, 0.15) is 6.61 Å². The summed E-state index contributed by atoms with van der Waals surface area (Å²) in [4.78, 5) is 11.4. The third-order valence-electron chi connectivity index (χ3n) is 3.39. The van der Waals surface area contributed by atoms with E-state index in [0.29, 0.717) is 5.92 Å². The smallest absolute Gasteiger partial charge is 0.246 e. The molecule has 1 amide bonds. The molecular formula is C11H20N2O2. The number of amides is 1. The van der Waals surface area contributed by atoms with Crippen LogP contribution in [0.3, 0.4) is 0 Å². The Balaban J connectivity index is 1.56. The first-order valence-electron chi connectivity index (χ1n) is 5.70. The molecule has 2 fully saturated rings. The second-order valence-electron chi connectivity index (χ2n) is 5.12. The first-order chi connectivity index (χ1) is 7.09. The van der Waals surface area contributed by atoms with Crippen LogP contribution in [0.5, 0.6) is 0 Å². The van der Waals surface area contributed by atoms with Gasteiger partial charge in [0.25, 0.3) is 0 Å². The van der Waals surface area contributed by atoms with Crippen molar-refractivity contribution < 1.29 is 9.53 Å². The van der Waals surface area contributed by atoms with E-state index >= 15 is 0 Å². The van der Waals surface area contributed by atoms with Crippen LogP contribution < -0.4 is 10.6 Å². The van der Waals surface area contributed by atoms with E-state index in [9.17, 15) is 4.79 Å². The Morgan fingerprint density at radius 2 is 2.27 bits per heavy atom. The fraction of sp³-hybridized carbons (Fsp3) is 0.909. The van der Waals surface area contributed by atoms with Crippen molar-refractivity contribution >= 4 is 5.91 Å². The van der Waals surface area contributed by atoms with Crippen LogP contribution >= 0.6 is 0 Å². The summed E-state index contributed by atoms with van der Waals surface area (Å²) in [6.07, 6.45) is 1.25. The standard InChI is InChI=1S/C11H20N2O2/c1-8-3-9(8)4-13-10(14)5-15-11(2)6-12-7-11/h8-9,12H,3-7H2,1-2H3,(H,13,14). The van der Waals surface area contributed by atoms with Gasteiger partial charge in [-0.1, -0.05) is 6.92 Å². The molecule has 2 unspecified atom stereocenters. The molecule has 1 saturated carbocycles. The van der Waals surface area contributed by atoms with Crippen LogP contribution in [0.15, 0.2) is 0 Å². The van der Waals surface area contributed by atoms with Crippen molar-refractivity contribution in [3.8, 4) is 0 Å².